The predicted molar refractivity (Wildman–Crippen MR) is 102 cm³/mol. The minimum atomic E-state index is -0.299. The van der Waals surface area contributed by atoms with E-state index < -0.39 is 0 Å². The van der Waals surface area contributed by atoms with Crippen LogP contribution in [0.5, 0.6) is 5.75 Å². The molecule has 6 heteroatoms. The molecule has 3 rings (SSSR count). The second-order valence-electron chi connectivity index (χ2n) is 5.86. The van der Waals surface area contributed by atoms with Gasteiger partial charge < -0.3 is 14.8 Å². The molecule has 0 saturated carbocycles. The summed E-state index contributed by atoms with van der Waals surface area (Å²) in [6.07, 6.45) is 1.95. The molecular weight excluding hydrogens is 330 g/mol. The fourth-order valence-electron chi connectivity index (χ4n) is 2.76. The summed E-state index contributed by atoms with van der Waals surface area (Å²) in [5.74, 6) is 1.28. The van der Waals surface area contributed by atoms with E-state index in [9.17, 15) is 4.79 Å². The minimum Gasteiger partial charge on any atom is -0.494 e. The molecule has 0 aliphatic heterocycles. The molecule has 0 saturated heterocycles. The van der Waals surface area contributed by atoms with Crippen molar-refractivity contribution < 1.29 is 14.3 Å². The largest absolute Gasteiger partial charge is 0.494 e. The highest BCUT2D eigenvalue weighted by atomic mass is 16.5. The maximum absolute atomic E-state index is 11.8. The van der Waals surface area contributed by atoms with Crippen molar-refractivity contribution in [3.8, 4) is 17.0 Å². The highest BCUT2D eigenvalue weighted by Crippen LogP contribution is 2.30. The summed E-state index contributed by atoms with van der Waals surface area (Å²) in [4.78, 5) is 16.5. The maximum Gasteiger partial charge on any atom is 0.325 e. The number of hydrogen-bond donors (Lipinski definition) is 1. The van der Waals surface area contributed by atoms with E-state index in [0.717, 1.165) is 34.0 Å². The van der Waals surface area contributed by atoms with Crippen molar-refractivity contribution >= 4 is 17.4 Å². The molecular formula is C20H23N3O3. The van der Waals surface area contributed by atoms with Crippen LogP contribution in [0.25, 0.3) is 16.9 Å². The summed E-state index contributed by atoms with van der Waals surface area (Å²) in [5.41, 5.74) is 3.67. The molecule has 3 aromatic rings. The van der Waals surface area contributed by atoms with Gasteiger partial charge in [0.1, 0.15) is 29.5 Å². The van der Waals surface area contributed by atoms with Crippen LogP contribution in [0.1, 0.15) is 19.4 Å². The van der Waals surface area contributed by atoms with Gasteiger partial charge in [0.25, 0.3) is 0 Å². The van der Waals surface area contributed by atoms with E-state index in [4.69, 9.17) is 14.5 Å². The second-order valence-corrected chi connectivity index (χ2v) is 5.86. The van der Waals surface area contributed by atoms with Crippen LogP contribution < -0.4 is 10.1 Å². The van der Waals surface area contributed by atoms with E-state index in [1.165, 1.54) is 0 Å². The number of anilines is 1. The van der Waals surface area contributed by atoms with Gasteiger partial charge in [0.05, 0.1) is 13.2 Å². The lowest BCUT2D eigenvalue weighted by Gasteiger charge is -2.09. The third kappa shape index (κ3) is 3.79. The molecule has 0 amide bonds. The number of benzene rings is 1. The number of aromatic nitrogens is 2. The van der Waals surface area contributed by atoms with Crippen LogP contribution in [0.2, 0.25) is 0 Å². The number of pyridine rings is 1. The number of rotatable bonds is 7. The Morgan fingerprint density at radius 3 is 2.62 bits per heavy atom. The summed E-state index contributed by atoms with van der Waals surface area (Å²) < 4.78 is 12.5. The van der Waals surface area contributed by atoms with Crippen LogP contribution >= 0.6 is 0 Å². The third-order valence-corrected chi connectivity index (χ3v) is 3.93. The Hall–Kier alpha value is -3.02. The molecule has 0 spiro atoms. The van der Waals surface area contributed by atoms with Gasteiger partial charge in [-0.2, -0.15) is 0 Å². The summed E-state index contributed by atoms with van der Waals surface area (Å²) in [5, 5.41) is 3.17. The van der Waals surface area contributed by atoms with Crippen molar-refractivity contribution in [3.05, 3.63) is 48.2 Å². The molecule has 2 aromatic heterocycles. The number of nitrogens with one attached hydrogen (secondary N) is 1. The van der Waals surface area contributed by atoms with E-state index >= 15 is 0 Å². The molecule has 26 heavy (non-hydrogen) atoms. The topological polar surface area (TPSA) is 64.9 Å². The van der Waals surface area contributed by atoms with Gasteiger partial charge in [0.2, 0.25) is 0 Å². The van der Waals surface area contributed by atoms with Crippen LogP contribution in [0.4, 0.5) is 5.82 Å². The molecule has 1 N–H and O–H groups in total. The Kier molecular flexibility index (Phi) is 5.41. The van der Waals surface area contributed by atoms with E-state index in [-0.39, 0.29) is 12.5 Å². The highest BCUT2D eigenvalue weighted by molar-refractivity contribution is 5.81. The number of aryl methyl sites for hydroxylation is 1. The first kappa shape index (κ1) is 17.8. The maximum atomic E-state index is 11.8. The molecule has 0 aliphatic rings. The number of nitrogens with zero attached hydrogens (tertiary/aromatic N) is 2. The van der Waals surface area contributed by atoms with Crippen molar-refractivity contribution in [1.82, 2.24) is 9.38 Å². The van der Waals surface area contributed by atoms with Crippen LogP contribution in [-0.4, -0.2) is 35.1 Å². The number of esters is 1. The number of carbonyl (C=O) groups is 1. The van der Waals surface area contributed by atoms with Crippen molar-refractivity contribution in [1.29, 1.82) is 0 Å². The van der Waals surface area contributed by atoms with Gasteiger partial charge in [-0.1, -0.05) is 0 Å². The third-order valence-electron chi connectivity index (χ3n) is 3.93. The molecule has 0 aliphatic carbocycles. The van der Waals surface area contributed by atoms with E-state index in [0.29, 0.717) is 13.2 Å². The first-order chi connectivity index (χ1) is 12.6. The van der Waals surface area contributed by atoms with Gasteiger partial charge in [0, 0.05) is 11.8 Å². The molecule has 2 heterocycles. The van der Waals surface area contributed by atoms with Crippen molar-refractivity contribution in [2.75, 3.05) is 25.1 Å². The number of hydrogen-bond acceptors (Lipinski definition) is 5. The minimum absolute atomic E-state index is 0.0829. The number of fused-ring (bicyclic) bond motifs is 1. The smallest absolute Gasteiger partial charge is 0.325 e. The molecule has 0 fully saturated rings. The van der Waals surface area contributed by atoms with Gasteiger partial charge in [0.15, 0.2) is 0 Å². The summed E-state index contributed by atoms with van der Waals surface area (Å²) in [6, 6.07) is 11.8. The summed E-state index contributed by atoms with van der Waals surface area (Å²) >= 11 is 0. The van der Waals surface area contributed by atoms with Gasteiger partial charge in [-0.25, -0.2) is 4.98 Å². The zero-order valence-corrected chi connectivity index (χ0v) is 15.3. The Labute approximate surface area is 152 Å². The lowest BCUT2D eigenvalue weighted by atomic mass is 10.1. The summed E-state index contributed by atoms with van der Waals surface area (Å²) in [6.45, 7) is 6.84. The Bertz CT molecular complexity index is 901. The average molecular weight is 353 g/mol. The summed E-state index contributed by atoms with van der Waals surface area (Å²) in [7, 11) is 0. The highest BCUT2D eigenvalue weighted by Gasteiger charge is 2.15. The second kappa shape index (κ2) is 7.91. The Balaban J connectivity index is 1.99. The SMILES string of the molecule is CCOC(=O)CNc1c(-c2ccc(OCC)cc2)nc2cc(C)ccn12. The molecule has 1 aromatic carbocycles. The normalized spacial score (nSPS) is 10.7. The molecule has 0 bridgehead atoms. The predicted octanol–water partition coefficient (Wildman–Crippen LogP) is 3.68. The van der Waals surface area contributed by atoms with E-state index in [1.54, 1.807) is 6.92 Å². The molecule has 0 radical (unpaired) electrons. The van der Waals surface area contributed by atoms with Crippen molar-refractivity contribution in [3.63, 3.8) is 0 Å². The fourth-order valence-corrected chi connectivity index (χ4v) is 2.76. The number of imidazole rings is 1. The van der Waals surface area contributed by atoms with E-state index in [2.05, 4.69) is 5.32 Å². The fraction of sp³-hybridized carbons (Fsp3) is 0.300. The lowest BCUT2D eigenvalue weighted by Crippen LogP contribution is -2.17. The van der Waals surface area contributed by atoms with Crippen LogP contribution in [0.3, 0.4) is 0 Å². The first-order valence-electron chi connectivity index (χ1n) is 8.73. The monoisotopic (exact) mass is 353 g/mol. The van der Waals surface area contributed by atoms with E-state index in [1.807, 2.05) is 60.8 Å². The van der Waals surface area contributed by atoms with Crippen molar-refractivity contribution in [2.45, 2.75) is 20.8 Å². The van der Waals surface area contributed by atoms with Crippen LogP contribution in [0, 0.1) is 6.92 Å². The standard InChI is InChI=1S/C20H23N3O3/c1-4-25-16-8-6-15(7-9-16)19-20(21-13-18(24)26-5-2)23-11-10-14(3)12-17(23)22-19/h6-12,21H,4-5,13H2,1-3H3. The quantitative estimate of drug-likeness (QED) is 0.656. The first-order valence-corrected chi connectivity index (χ1v) is 8.73. The zero-order chi connectivity index (χ0) is 18.5. The zero-order valence-electron chi connectivity index (χ0n) is 15.3. The Morgan fingerprint density at radius 2 is 1.92 bits per heavy atom. The van der Waals surface area contributed by atoms with Gasteiger partial charge in [-0.05, 0) is 62.7 Å². The van der Waals surface area contributed by atoms with Crippen molar-refractivity contribution in [2.24, 2.45) is 0 Å². The number of ether oxygens (including phenoxy) is 2. The van der Waals surface area contributed by atoms with Gasteiger partial charge in [-0.15, -0.1) is 0 Å². The van der Waals surface area contributed by atoms with Gasteiger partial charge >= 0.3 is 5.97 Å². The molecule has 0 unspecified atom stereocenters. The molecule has 0 atom stereocenters. The van der Waals surface area contributed by atoms with Gasteiger partial charge in [-0.3, -0.25) is 9.20 Å². The molecule has 136 valence electrons. The lowest BCUT2D eigenvalue weighted by molar-refractivity contribution is -0.140. The van der Waals surface area contributed by atoms with Crippen LogP contribution in [0.15, 0.2) is 42.6 Å². The molecule has 6 nitrogen and oxygen atoms in total. The number of carbonyl (C=O) groups excluding carboxylic acids is 1. The Morgan fingerprint density at radius 1 is 1.15 bits per heavy atom. The van der Waals surface area contributed by atoms with Crippen LogP contribution in [-0.2, 0) is 9.53 Å². The average Bonchev–Trinajstić information content (AvgIpc) is 2.98.